The van der Waals surface area contributed by atoms with Crippen LogP contribution < -0.4 is 4.74 Å². The van der Waals surface area contributed by atoms with E-state index in [2.05, 4.69) is 0 Å². The number of ether oxygens (including phenoxy) is 4. The molecular formula is C18H25NO12. The zero-order chi connectivity index (χ0) is 22.9. The van der Waals surface area contributed by atoms with Gasteiger partial charge in [0.05, 0.1) is 17.6 Å². The average Bonchev–Trinajstić information content (AvgIpc) is 2.75. The van der Waals surface area contributed by atoms with Crippen molar-refractivity contribution in [2.45, 2.75) is 68.3 Å². The van der Waals surface area contributed by atoms with Crippen molar-refractivity contribution in [1.82, 2.24) is 0 Å². The molecule has 10 atom stereocenters. The molecule has 0 aromatic heterocycles. The Morgan fingerprint density at radius 1 is 0.935 bits per heavy atom. The summed E-state index contributed by atoms with van der Waals surface area (Å²) in [4.78, 5) is 10.2. The highest BCUT2D eigenvalue weighted by atomic mass is 16.8. The molecule has 2 saturated heterocycles. The Morgan fingerprint density at radius 2 is 1.58 bits per heavy atom. The topological polar surface area (TPSA) is 201 Å². The van der Waals surface area contributed by atoms with Gasteiger partial charge in [-0.15, -0.1) is 0 Å². The van der Waals surface area contributed by atoms with Crippen LogP contribution in [0.5, 0.6) is 5.75 Å². The second-order valence-corrected chi connectivity index (χ2v) is 7.36. The number of benzene rings is 1. The lowest BCUT2D eigenvalue weighted by Gasteiger charge is -2.45. The number of hydrogen-bond donors (Lipinski definition) is 6. The highest BCUT2D eigenvalue weighted by molar-refractivity contribution is 5.36. The number of nitrogens with zero attached hydrogens (tertiary/aromatic N) is 1. The van der Waals surface area contributed by atoms with Crippen LogP contribution in [-0.4, -0.2) is 104 Å². The van der Waals surface area contributed by atoms with Crippen LogP contribution in [0.1, 0.15) is 6.92 Å². The second kappa shape index (κ2) is 9.68. The van der Waals surface area contributed by atoms with Crippen molar-refractivity contribution in [2.75, 3.05) is 6.61 Å². The van der Waals surface area contributed by atoms with Gasteiger partial charge >= 0.3 is 0 Å². The highest BCUT2D eigenvalue weighted by Gasteiger charge is 2.50. The number of nitro groups is 1. The first-order valence-corrected chi connectivity index (χ1v) is 9.52. The first kappa shape index (κ1) is 23.7. The predicted octanol–water partition coefficient (Wildman–Crippen LogP) is -2.37. The third kappa shape index (κ3) is 4.95. The summed E-state index contributed by atoms with van der Waals surface area (Å²) in [5.74, 6) is 0.0958. The van der Waals surface area contributed by atoms with Gasteiger partial charge in [-0.05, 0) is 19.1 Å². The average molecular weight is 447 g/mol. The number of nitro benzene ring substituents is 1. The van der Waals surface area contributed by atoms with Gasteiger partial charge in [0, 0.05) is 12.1 Å². The van der Waals surface area contributed by atoms with Crippen molar-refractivity contribution >= 4 is 5.69 Å². The first-order valence-electron chi connectivity index (χ1n) is 9.52. The standard InChI is InChI=1S/C18H25NO12/c1-7-11(21)13(23)15(25)17(28-7)31-16-14(24)12(22)10(6-20)30-18(16)29-9-4-2-8(3-5-9)19(26)27/h2-5,7,10-18,20-25H,6H2,1H3/t7-,10+,11+,12+,13+,14-,15-,16+,17+,18+/m1/s1. The van der Waals surface area contributed by atoms with Gasteiger partial charge < -0.3 is 49.6 Å². The van der Waals surface area contributed by atoms with Crippen LogP contribution in [0.25, 0.3) is 0 Å². The van der Waals surface area contributed by atoms with E-state index in [1.165, 1.54) is 31.2 Å². The lowest BCUT2D eigenvalue weighted by molar-refractivity contribution is -0.384. The van der Waals surface area contributed by atoms with Crippen molar-refractivity contribution in [1.29, 1.82) is 0 Å². The van der Waals surface area contributed by atoms with Crippen LogP contribution in [0.4, 0.5) is 5.69 Å². The molecule has 2 aliphatic heterocycles. The fraction of sp³-hybridized carbons (Fsp3) is 0.667. The number of non-ortho nitro benzene ring substituents is 1. The summed E-state index contributed by atoms with van der Waals surface area (Å²) in [5, 5.41) is 70.9. The molecule has 13 heteroatoms. The van der Waals surface area contributed by atoms with Gasteiger partial charge in [0.1, 0.15) is 42.4 Å². The molecule has 1 aromatic rings. The molecule has 0 saturated carbocycles. The van der Waals surface area contributed by atoms with Crippen molar-refractivity contribution in [3.05, 3.63) is 34.4 Å². The molecular weight excluding hydrogens is 422 g/mol. The molecule has 0 aliphatic carbocycles. The van der Waals surface area contributed by atoms with Crippen LogP contribution in [0.3, 0.4) is 0 Å². The molecule has 2 heterocycles. The minimum absolute atomic E-state index is 0.0958. The van der Waals surface area contributed by atoms with Gasteiger partial charge in [0.25, 0.3) is 5.69 Å². The molecule has 0 bridgehead atoms. The van der Waals surface area contributed by atoms with Crippen LogP contribution in [0.2, 0.25) is 0 Å². The van der Waals surface area contributed by atoms with Gasteiger partial charge in [-0.2, -0.15) is 0 Å². The largest absolute Gasteiger partial charge is 0.462 e. The normalized spacial score (nSPS) is 41.0. The molecule has 0 unspecified atom stereocenters. The summed E-state index contributed by atoms with van der Waals surface area (Å²) in [6.45, 7) is 0.779. The maximum absolute atomic E-state index is 10.8. The fourth-order valence-electron chi connectivity index (χ4n) is 3.36. The Hall–Kier alpha value is -1.94. The summed E-state index contributed by atoms with van der Waals surface area (Å²) in [6.07, 6.45) is -14.5. The van der Waals surface area contributed by atoms with Gasteiger partial charge in [0.15, 0.2) is 12.4 Å². The van der Waals surface area contributed by atoms with Crippen LogP contribution in [-0.2, 0) is 14.2 Å². The van der Waals surface area contributed by atoms with E-state index >= 15 is 0 Å². The van der Waals surface area contributed by atoms with Gasteiger partial charge in [-0.3, -0.25) is 10.1 Å². The third-order valence-electron chi connectivity index (χ3n) is 5.22. The minimum atomic E-state index is -1.69. The summed E-state index contributed by atoms with van der Waals surface area (Å²) < 4.78 is 22.0. The van der Waals surface area contributed by atoms with Crippen LogP contribution >= 0.6 is 0 Å². The zero-order valence-corrected chi connectivity index (χ0v) is 16.4. The lowest BCUT2D eigenvalue weighted by atomic mass is 9.97. The van der Waals surface area contributed by atoms with Crippen molar-refractivity contribution < 1.29 is 54.5 Å². The summed E-state index contributed by atoms with van der Waals surface area (Å²) in [5.41, 5.74) is -0.186. The second-order valence-electron chi connectivity index (χ2n) is 7.36. The SMILES string of the molecule is C[C@H]1O[C@@H](O[C@@H]2[C@@H](Oc3ccc([N+](=O)[O-])cc3)O[C@@H](CO)[C@H](O)[C@H]2O)[C@H](O)[C@@H](O)[C@H]1O. The highest BCUT2D eigenvalue weighted by Crippen LogP contribution is 2.31. The van der Waals surface area contributed by atoms with E-state index in [1.54, 1.807) is 0 Å². The Kier molecular flexibility index (Phi) is 7.41. The van der Waals surface area contributed by atoms with Crippen LogP contribution in [0.15, 0.2) is 24.3 Å². The molecule has 174 valence electrons. The van der Waals surface area contributed by atoms with E-state index in [4.69, 9.17) is 18.9 Å². The van der Waals surface area contributed by atoms with E-state index in [1.807, 2.05) is 0 Å². The zero-order valence-electron chi connectivity index (χ0n) is 16.4. The predicted molar refractivity (Wildman–Crippen MR) is 98.7 cm³/mol. The van der Waals surface area contributed by atoms with Gasteiger partial charge in [-0.25, -0.2) is 0 Å². The molecule has 1 aromatic carbocycles. The molecule has 0 spiro atoms. The Morgan fingerprint density at radius 3 is 2.16 bits per heavy atom. The van der Waals surface area contributed by atoms with E-state index in [9.17, 15) is 40.8 Å². The summed E-state index contributed by atoms with van der Waals surface area (Å²) >= 11 is 0. The van der Waals surface area contributed by atoms with Crippen molar-refractivity contribution in [3.8, 4) is 5.75 Å². The molecule has 13 nitrogen and oxygen atoms in total. The molecule has 2 fully saturated rings. The maximum Gasteiger partial charge on any atom is 0.269 e. The lowest BCUT2D eigenvalue weighted by Crippen LogP contribution is -2.64. The number of hydrogen-bond acceptors (Lipinski definition) is 12. The Balaban J connectivity index is 1.81. The molecule has 31 heavy (non-hydrogen) atoms. The first-order chi connectivity index (χ1) is 14.6. The van der Waals surface area contributed by atoms with Gasteiger partial charge in [0.2, 0.25) is 6.29 Å². The van der Waals surface area contributed by atoms with Gasteiger partial charge in [-0.1, -0.05) is 0 Å². The van der Waals surface area contributed by atoms with E-state index < -0.39 is 72.9 Å². The Bertz CT molecular complexity index is 748. The van der Waals surface area contributed by atoms with E-state index in [0.717, 1.165) is 0 Å². The number of rotatable bonds is 6. The molecule has 3 rings (SSSR count). The summed E-state index contributed by atoms with van der Waals surface area (Å²) in [7, 11) is 0. The maximum atomic E-state index is 10.8. The monoisotopic (exact) mass is 447 g/mol. The van der Waals surface area contributed by atoms with E-state index in [0.29, 0.717) is 0 Å². The number of aliphatic hydroxyl groups is 6. The minimum Gasteiger partial charge on any atom is -0.462 e. The molecule has 2 aliphatic rings. The molecule has 6 N–H and O–H groups in total. The summed E-state index contributed by atoms with van der Waals surface area (Å²) in [6, 6.07) is 4.91. The van der Waals surface area contributed by atoms with Crippen molar-refractivity contribution in [2.24, 2.45) is 0 Å². The van der Waals surface area contributed by atoms with E-state index in [-0.39, 0.29) is 11.4 Å². The number of aliphatic hydroxyl groups excluding tert-OH is 6. The van der Waals surface area contributed by atoms with Crippen molar-refractivity contribution in [3.63, 3.8) is 0 Å². The third-order valence-corrected chi connectivity index (χ3v) is 5.22. The molecule has 0 amide bonds. The smallest absolute Gasteiger partial charge is 0.269 e. The fourth-order valence-corrected chi connectivity index (χ4v) is 3.36. The Labute approximate surface area is 176 Å². The quantitative estimate of drug-likeness (QED) is 0.200. The van der Waals surface area contributed by atoms with Crippen LogP contribution in [0, 0.1) is 10.1 Å². The molecule has 0 radical (unpaired) electrons.